The maximum Gasteiger partial charge on any atom is 0.251 e. The van der Waals surface area contributed by atoms with E-state index < -0.39 is 16.1 Å². The Balaban J connectivity index is 1.64. The number of benzene rings is 2. The standard InChI is InChI=1S/C20H23FN2O4S/c1-27-19(16-5-4-6-17(21)13-16)14-22-20(24)15-7-9-18(10-8-15)28(25,26)23-11-2-3-12-23/h4-10,13,19H,2-3,11-12,14H2,1H3,(H,22,24). The molecule has 6 nitrogen and oxygen atoms in total. The molecule has 2 aromatic rings. The van der Waals surface area contributed by atoms with Gasteiger partial charge < -0.3 is 10.1 Å². The summed E-state index contributed by atoms with van der Waals surface area (Å²) < 4.78 is 45.2. The Morgan fingerprint density at radius 3 is 2.46 bits per heavy atom. The average Bonchev–Trinajstić information content (AvgIpc) is 3.24. The molecule has 1 unspecified atom stereocenters. The molecule has 0 spiro atoms. The van der Waals surface area contributed by atoms with Gasteiger partial charge in [0, 0.05) is 32.3 Å². The van der Waals surface area contributed by atoms with Gasteiger partial charge in [-0.25, -0.2) is 12.8 Å². The third-order valence-electron chi connectivity index (χ3n) is 4.77. The summed E-state index contributed by atoms with van der Waals surface area (Å²) in [7, 11) is -2.02. The molecule has 3 rings (SSSR count). The van der Waals surface area contributed by atoms with Crippen LogP contribution in [0.1, 0.15) is 34.9 Å². The number of methoxy groups -OCH3 is 1. The number of halogens is 1. The first kappa shape index (κ1) is 20.4. The molecular formula is C20H23FN2O4S. The predicted molar refractivity (Wildman–Crippen MR) is 103 cm³/mol. The summed E-state index contributed by atoms with van der Waals surface area (Å²) >= 11 is 0. The molecule has 0 aliphatic carbocycles. The minimum atomic E-state index is -3.50. The zero-order valence-electron chi connectivity index (χ0n) is 15.6. The van der Waals surface area contributed by atoms with E-state index in [0.717, 1.165) is 12.8 Å². The number of carbonyl (C=O) groups is 1. The van der Waals surface area contributed by atoms with Gasteiger partial charge in [0.15, 0.2) is 0 Å². The van der Waals surface area contributed by atoms with Gasteiger partial charge in [-0.3, -0.25) is 4.79 Å². The van der Waals surface area contributed by atoms with Crippen molar-refractivity contribution in [2.24, 2.45) is 0 Å². The molecule has 150 valence electrons. The fourth-order valence-corrected chi connectivity index (χ4v) is 4.70. The van der Waals surface area contributed by atoms with Gasteiger partial charge in [0.25, 0.3) is 5.91 Å². The van der Waals surface area contributed by atoms with E-state index in [9.17, 15) is 17.6 Å². The van der Waals surface area contributed by atoms with Crippen molar-refractivity contribution in [3.05, 3.63) is 65.5 Å². The number of hydrogen-bond donors (Lipinski definition) is 1. The Bertz CT molecular complexity index is 925. The number of carbonyl (C=O) groups excluding carboxylic acids is 1. The van der Waals surface area contributed by atoms with Crippen molar-refractivity contribution in [1.82, 2.24) is 9.62 Å². The fourth-order valence-electron chi connectivity index (χ4n) is 3.19. The Morgan fingerprint density at radius 2 is 1.86 bits per heavy atom. The van der Waals surface area contributed by atoms with E-state index in [1.165, 1.54) is 47.8 Å². The lowest BCUT2D eigenvalue weighted by Crippen LogP contribution is -2.29. The van der Waals surface area contributed by atoms with Crippen molar-refractivity contribution in [1.29, 1.82) is 0 Å². The quantitative estimate of drug-likeness (QED) is 0.767. The van der Waals surface area contributed by atoms with Gasteiger partial charge in [0.05, 0.1) is 11.0 Å². The summed E-state index contributed by atoms with van der Waals surface area (Å²) in [6.07, 6.45) is 1.24. The molecule has 1 heterocycles. The third-order valence-corrected chi connectivity index (χ3v) is 6.69. The number of rotatable bonds is 7. The number of sulfonamides is 1. The van der Waals surface area contributed by atoms with Crippen LogP contribution < -0.4 is 5.32 Å². The molecule has 0 aromatic heterocycles. The topological polar surface area (TPSA) is 75.7 Å². The van der Waals surface area contributed by atoms with E-state index in [1.54, 1.807) is 12.1 Å². The van der Waals surface area contributed by atoms with Crippen LogP contribution in [-0.2, 0) is 14.8 Å². The second-order valence-electron chi connectivity index (χ2n) is 6.62. The zero-order chi connectivity index (χ0) is 20.1. The van der Waals surface area contributed by atoms with Crippen LogP contribution >= 0.6 is 0 Å². The van der Waals surface area contributed by atoms with Gasteiger partial charge in [-0.1, -0.05) is 12.1 Å². The Hall–Kier alpha value is -2.29. The highest BCUT2D eigenvalue weighted by atomic mass is 32.2. The molecule has 1 aliphatic heterocycles. The van der Waals surface area contributed by atoms with Crippen molar-refractivity contribution in [2.75, 3.05) is 26.7 Å². The van der Waals surface area contributed by atoms with E-state index in [0.29, 0.717) is 24.2 Å². The first-order valence-corrected chi connectivity index (χ1v) is 10.5. The van der Waals surface area contributed by atoms with Crippen molar-refractivity contribution in [3.63, 3.8) is 0 Å². The summed E-state index contributed by atoms with van der Waals surface area (Å²) in [5.74, 6) is -0.732. The van der Waals surface area contributed by atoms with Gasteiger partial charge in [-0.15, -0.1) is 0 Å². The Labute approximate surface area is 164 Å². The summed E-state index contributed by atoms with van der Waals surface area (Å²) in [6.45, 7) is 1.22. The van der Waals surface area contributed by atoms with Crippen LogP contribution in [0.15, 0.2) is 53.4 Å². The molecule has 1 aliphatic rings. The molecule has 2 aromatic carbocycles. The van der Waals surface area contributed by atoms with Crippen LogP contribution in [0.3, 0.4) is 0 Å². The number of nitrogens with zero attached hydrogens (tertiary/aromatic N) is 1. The average molecular weight is 406 g/mol. The molecule has 1 fully saturated rings. The Kier molecular flexibility index (Phi) is 6.43. The van der Waals surface area contributed by atoms with E-state index in [2.05, 4.69) is 5.32 Å². The maximum absolute atomic E-state index is 13.4. The zero-order valence-corrected chi connectivity index (χ0v) is 16.4. The molecule has 0 saturated carbocycles. The SMILES string of the molecule is COC(CNC(=O)c1ccc(S(=O)(=O)N2CCCC2)cc1)c1cccc(F)c1. The molecule has 0 bridgehead atoms. The molecule has 28 heavy (non-hydrogen) atoms. The van der Waals surface area contributed by atoms with Crippen molar-refractivity contribution in [3.8, 4) is 0 Å². The molecule has 1 amide bonds. The van der Waals surface area contributed by atoms with Gasteiger partial charge in [-0.05, 0) is 54.8 Å². The van der Waals surface area contributed by atoms with Gasteiger partial charge in [0.2, 0.25) is 10.0 Å². The normalized spacial score (nSPS) is 16.1. The lowest BCUT2D eigenvalue weighted by atomic mass is 10.1. The number of nitrogens with one attached hydrogen (secondary N) is 1. The predicted octanol–water partition coefficient (Wildman–Crippen LogP) is 2.73. The highest BCUT2D eigenvalue weighted by molar-refractivity contribution is 7.89. The smallest absolute Gasteiger partial charge is 0.251 e. The minimum Gasteiger partial charge on any atom is -0.375 e. The number of ether oxygens (including phenoxy) is 1. The van der Waals surface area contributed by atoms with E-state index in [1.807, 2.05) is 0 Å². The monoisotopic (exact) mass is 406 g/mol. The van der Waals surface area contributed by atoms with Gasteiger partial charge in [0.1, 0.15) is 5.82 Å². The third kappa shape index (κ3) is 4.57. The van der Waals surface area contributed by atoms with Crippen LogP contribution in [0.25, 0.3) is 0 Å². The molecule has 0 radical (unpaired) electrons. The minimum absolute atomic E-state index is 0.159. The van der Waals surface area contributed by atoms with E-state index in [4.69, 9.17) is 4.74 Å². The maximum atomic E-state index is 13.4. The van der Waals surface area contributed by atoms with Gasteiger partial charge in [-0.2, -0.15) is 4.31 Å². The van der Waals surface area contributed by atoms with Crippen LogP contribution in [0.2, 0.25) is 0 Å². The highest BCUT2D eigenvalue weighted by Crippen LogP contribution is 2.21. The number of amides is 1. The summed E-state index contributed by atoms with van der Waals surface area (Å²) in [5, 5.41) is 2.73. The lowest BCUT2D eigenvalue weighted by Gasteiger charge is -2.17. The van der Waals surface area contributed by atoms with E-state index in [-0.39, 0.29) is 23.2 Å². The summed E-state index contributed by atoms with van der Waals surface area (Å²) in [6, 6.07) is 11.9. The molecular weight excluding hydrogens is 383 g/mol. The largest absolute Gasteiger partial charge is 0.375 e. The van der Waals surface area contributed by atoms with Crippen LogP contribution in [0.4, 0.5) is 4.39 Å². The molecule has 1 saturated heterocycles. The first-order valence-electron chi connectivity index (χ1n) is 9.08. The van der Waals surface area contributed by atoms with E-state index >= 15 is 0 Å². The molecule has 8 heteroatoms. The van der Waals surface area contributed by atoms with Crippen molar-refractivity contribution >= 4 is 15.9 Å². The van der Waals surface area contributed by atoms with Crippen LogP contribution in [0.5, 0.6) is 0 Å². The van der Waals surface area contributed by atoms with Crippen LogP contribution in [0, 0.1) is 5.82 Å². The lowest BCUT2D eigenvalue weighted by molar-refractivity contribution is 0.0827. The second-order valence-corrected chi connectivity index (χ2v) is 8.56. The van der Waals surface area contributed by atoms with Gasteiger partial charge >= 0.3 is 0 Å². The first-order chi connectivity index (χ1) is 13.4. The van der Waals surface area contributed by atoms with Crippen molar-refractivity contribution in [2.45, 2.75) is 23.8 Å². The highest BCUT2D eigenvalue weighted by Gasteiger charge is 2.27. The Morgan fingerprint density at radius 1 is 1.18 bits per heavy atom. The van der Waals surface area contributed by atoms with Crippen molar-refractivity contribution < 1.29 is 22.3 Å². The molecule has 1 atom stereocenters. The summed E-state index contributed by atoms with van der Waals surface area (Å²) in [5.41, 5.74) is 0.962. The fraction of sp³-hybridized carbons (Fsp3) is 0.350. The van der Waals surface area contributed by atoms with Crippen LogP contribution in [-0.4, -0.2) is 45.4 Å². The molecule has 1 N–H and O–H groups in total. The number of hydrogen-bond acceptors (Lipinski definition) is 4. The summed E-state index contributed by atoms with van der Waals surface area (Å²) in [4.78, 5) is 12.6. The second kappa shape index (κ2) is 8.81.